The average Bonchev–Trinajstić information content (AvgIpc) is 3.06. The van der Waals surface area contributed by atoms with Gasteiger partial charge in [-0.05, 0) is 61.3 Å². The Morgan fingerprint density at radius 3 is 2.52 bits per heavy atom. The number of hydrogen-bond donors (Lipinski definition) is 1. The largest absolute Gasteiger partial charge is 0.342 e. The van der Waals surface area contributed by atoms with Gasteiger partial charge in [0.15, 0.2) is 0 Å². The summed E-state index contributed by atoms with van der Waals surface area (Å²) in [6.45, 7) is 2.31. The highest BCUT2D eigenvalue weighted by Crippen LogP contribution is 2.39. The van der Waals surface area contributed by atoms with Gasteiger partial charge in [0.25, 0.3) is 0 Å². The minimum absolute atomic E-state index is 0. The number of carbonyl (C=O) groups is 1. The highest BCUT2D eigenvalue weighted by atomic mass is 35.5. The van der Waals surface area contributed by atoms with Crippen LogP contribution in [0.25, 0.3) is 0 Å². The standard InChI is InChI=1S/C20H29FN2O.ClH/c21-18-6-4-16(5-7-18)12-17-8-11-23(14-17)19(24)13-20(15-22)9-2-1-3-10-20;/h4-7,17H,1-3,8-15,22H2;1H. The molecule has 3 rings (SSSR count). The van der Waals surface area contributed by atoms with Crippen molar-refractivity contribution in [2.45, 2.75) is 51.4 Å². The average molecular weight is 369 g/mol. The third kappa shape index (κ3) is 5.18. The monoisotopic (exact) mass is 368 g/mol. The molecule has 140 valence electrons. The van der Waals surface area contributed by atoms with Gasteiger partial charge < -0.3 is 10.6 Å². The molecule has 2 aliphatic rings. The summed E-state index contributed by atoms with van der Waals surface area (Å²) in [5.74, 6) is 0.574. The van der Waals surface area contributed by atoms with Crippen LogP contribution in [0.3, 0.4) is 0 Å². The Morgan fingerprint density at radius 2 is 1.88 bits per heavy atom. The number of hydrogen-bond acceptors (Lipinski definition) is 2. The van der Waals surface area contributed by atoms with Crippen LogP contribution in [0.5, 0.6) is 0 Å². The van der Waals surface area contributed by atoms with Crippen molar-refractivity contribution in [3.8, 4) is 0 Å². The number of halogens is 2. The van der Waals surface area contributed by atoms with E-state index in [0.717, 1.165) is 44.3 Å². The molecule has 1 atom stereocenters. The number of likely N-dealkylation sites (tertiary alicyclic amines) is 1. The fourth-order valence-electron chi connectivity index (χ4n) is 4.37. The molecule has 5 heteroatoms. The van der Waals surface area contributed by atoms with Gasteiger partial charge in [0.2, 0.25) is 5.91 Å². The molecular weight excluding hydrogens is 339 g/mol. The molecule has 0 bridgehead atoms. The molecule has 2 fully saturated rings. The zero-order valence-electron chi connectivity index (χ0n) is 14.9. The zero-order valence-corrected chi connectivity index (χ0v) is 15.7. The van der Waals surface area contributed by atoms with E-state index < -0.39 is 0 Å². The number of carbonyl (C=O) groups excluding carboxylic acids is 1. The molecule has 1 heterocycles. The second-order valence-corrected chi connectivity index (χ2v) is 7.77. The molecular formula is C20H30ClFN2O. The van der Waals surface area contributed by atoms with Gasteiger partial charge in [-0.2, -0.15) is 0 Å². The van der Waals surface area contributed by atoms with Crippen molar-refractivity contribution in [3.63, 3.8) is 0 Å². The van der Waals surface area contributed by atoms with Crippen LogP contribution >= 0.6 is 12.4 Å². The lowest BCUT2D eigenvalue weighted by molar-refractivity contribution is -0.133. The summed E-state index contributed by atoms with van der Waals surface area (Å²) in [5.41, 5.74) is 7.23. The fourth-order valence-corrected chi connectivity index (χ4v) is 4.37. The molecule has 1 aliphatic heterocycles. The molecule has 2 N–H and O–H groups in total. The van der Waals surface area contributed by atoms with E-state index in [1.54, 1.807) is 0 Å². The zero-order chi connectivity index (χ0) is 17.0. The van der Waals surface area contributed by atoms with Crippen LogP contribution in [0.1, 0.15) is 50.5 Å². The minimum Gasteiger partial charge on any atom is -0.342 e. The topological polar surface area (TPSA) is 46.3 Å². The van der Waals surface area contributed by atoms with Crippen LogP contribution < -0.4 is 5.73 Å². The van der Waals surface area contributed by atoms with Gasteiger partial charge in [-0.3, -0.25) is 4.79 Å². The SMILES string of the molecule is Cl.NCC1(CC(=O)N2CCC(Cc3ccc(F)cc3)C2)CCCCC1. The Bertz CT molecular complexity index is 557. The van der Waals surface area contributed by atoms with Gasteiger partial charge in [0, 0.05) is 19.5 Å². The predicted octanol–water partition coefficient (Wildman–Crippen LogP) is 3.94. The molecule has 1 saturated heterocycles. The van der Waals surface area contributed by atoms with Crippen molar-refractivity contribution in [1.29, 1.82) is 0 Å². The molecule has 1 aromatic rings. The third-order valence-corrected chi connectivity index (χ3v) is 5.95. The molecule has 1 unspecified atom stereocenters. The summed E-state index contributed by atoms with van der Waals surface area (Å²) in [7, 11) is 0. The molecule has 0 aromatic heterocycles. The first-order valence-electron chi connectivity index (χ1n) is 9.32. The van der Waals surface area contributed by atoms with Gasteiger partial charge in [-0.25, -0.2) is 4.39 Å². The fraction of sp³-hybridized carbons (Fsp3) is 0.650. The van der Waals surface area contributed by atoms with E-state index in [-0.39, 0.29) is 29.5 Å². The molecule has 0 spiro atoms. The van der Waals surface area contributed by atoms with Crippen molar-refractivity contribution in [3.05, 3.63) is 35.6 Å². The van der Waals surface area contributed by atoms with E-state index in [0.29, 0.717) is 18.9 Å². The summed E-state index contributed by atoms with van der Waals surface area (Å²) >= 11 is 0. The van der Waals surface area contributed by atoms with Gasteiger partial charge in [-0.1, -0.05) is 31.4 Å². The van der Waals surface area contributed by atoms with Gasteiger partial charge >= 0.3 is 0 Å². The number of nitrogens with zero attached hydrogens (tertiary/aromatic N) is 1. The van der Waals surface area contributed by atoms with E-state index in [1.165, 1.54) is 31.4 Å². The van der Waals surface area contributed by atoms with Crippen LogP contribution in [0.4, 0.5) is 4.39 Å². The van der Waals surface area contributed by atoms with E-state index in [1.807, 2.05) is 17.0 Å². The van der Waals surface area contributed by atoms with E-state index in [9.17, 15) is 9.18 Å². The summed E-state index contributed by atoms with van der Waals surface area (Å²) < 4.78 is 13.0. The van der Waals surface area contributed by atoms with Crippen LogP contribution in [0.2, 0.25) is 0 Å². The smallest absolute Gasteiger partial charge is 0.223 e. The summed E-state index contributed by atoms with van der Waals surface area (Å²) in [6, 6.07) is 6.74. The first-order chi connectivity index (χ1) is 11.6. The van der Waals surface area contributed by atoms with E-state index in [2.05, 4.69) is 0 Å². The normalized spacial score (nSPS) is 22.5. The Kier molecular flexibility index (Phi) is 7.26. The number of rotatable bonds is 5. The predicted molar refractivity (Wildman–Crippen MR) is 101 cm³/mol. The number of nitrogens with two attached hydrogens (primary N) is 1. The number of amides is 1. The van der Waals surface area contributed by atoms with Crippen molar-refractivity contribution in [2.24, 2.45) is 17.1 Å². The first-order valence-corrected chi connectivity index (χ1v) is 9.32. The lowest BCUT2D eigenvalue weighted by atomic mass is 9.71. The minimum atomic E-state index is -0.193. The van der Waals surface area contributed by atoms with E-state index in [4.69, 9.17) is 5.73 Å². The molecule has 1 aliphatic carbocycles. The highest BCUT2D eigenvalue weighted by molar-refractivity contribution is 5.85. The van der Waals surface area contributed by atoms with Crippen LogP contribution in [-0.2, 0) is 11.2 Å². The second-order valence-electron chi connectivity index (χ2n) is 7.77. The Balaban J connectivity index is 0.00000225. The molecule has 1 saturated carbocycles. The summed E-state index contributed by atoms with van der Waals surface area (Å²) in [4.78, 5) is 14.8. The lowest BCUT2D eigenvalue weighted by Crippen LogP contribution is -2.40. The van der Waals surface area contributed by atoms with Crippen LogP contribution in [-0.4, -0.2) is 30.4 Å². The van der Waals surface area contributed by atoms with Crippen molar-refractivity contribution < 1.29 is 9.18 Å². The molecule has 3 nitrogen and oxygen atoms in total. The lowest BCUT2D eigenvalue weighted by Gasteiger charge is -2.36. The first kappa shape index (κ1) is 20.2. The van der Waals surface area contributed by atoms with Crippen LogP contribution in [0.15, 0.2) is 24.3 Å². The summed E-state index contributed by atoms with van der Waals surface area (Å²) in [5, 5.41) is 0. The molecule has 1 amide bonds. The maximum absolute atomic E-state index is 13.0. The van der Waals surface area contributed by atoms with Crippen molar-refractivity contribution in [1.82, 2.24) is 4.90 Å². The molecule has 1 aromatic carbocycles. The Morgan fingerprint density at radius 1 is 1.20 bits per heavy atom. The van der Waals surface area contributed by atoms with E-state index >= 15 is 0 Å². The highest BCUT2D eigenvalue weighted by Gasteiger charge is 2.36. The summed E-state index contributed by atoms with van der Waals surface area (Å²) in [6.07, 6.45) is 8.47. The Labute approximate surface area is 156 Å². The maximum atomic E-state index is 13.0. The van der Waals surface area contributed by atoms with Crippen molar-refractivity contribution in [2.75, 3.05) is 19.6 Å². The molecule has 25 heavy (non-hydrogen) atoms. The quantitative estimate of drug-likeness (QED) is 0.855. The maximum Gasteiger partial charge on any atom is 0.223 e. The molecule has 0 radical (unpaired) electrons. The van der Waals surface area contributed by atoms with Gasteiger partial charge in [-0.15, -0.1) is 12.4 Å². The third-order valence-electron chi connectivity index (χ3n) is 5.95. The second kappa shape index (κ2) is 9.00. The number of benzene rings is 1. The van der Waals surface area contributed by atoms with Crippen molar-refractivity contribution >= 4 is 18.3 Å². The Hall–Kier alpha value is -1.13. The van der Waals surface area contributed by atoms with Gasteiger partial charge in [0.1, 0.15) is 5.82 Å². The van der Waals surface area contributed by atoms with Crippen LogP contribution in [0, 0.1) is 17.2 Å². The van der Waals surface area contributed by atoms with Gasteiger partial charge in [0.05, 0.1) is 0 Å².